The fourth-order valence-corrected chi connectivity index (χ4v) is 6.22. The van der Waals surface area contributed by atoms with Crippen LogP contribution in [-0.4, -0.2) is 54.5 Å². The molecule has 3 aromatic rings. The van der Waals surface area contributed by atoms with Gasteiger partial charge in [-0.05, 0) is 73.6 Å². The van der Waals surface area contributed by atoms with Crippen LogP contribution < -0.4 is 4.74 Å². The van der Waals surface area contributed by atoms with Gasteiger partial charge in [0.15, 0.2) is 15.7 Å². The zero-order valence-electron chi connectivity index (χ0n) is 19.5. The number of carbonyl (C=O) groups is 1. The van der Waals surface area contributed by atoms with Crippen LogP contribution in [-0.2, 0) is 26.8 Å². The first-order valence-corrected chi connectivity index (χ1v) is 12.8. The number of piperidine rings is 1. The molecule has 1 fully saturated rings. The minimum absolute atomic E-state index is 0.0359. The van der Waals surface area contributed by atoms with Crippen LogP contribution in [0.3, 0.4) is 0 Å². The zero-order valence-corrected chi connectivity index (χ0v) is 20.3. The standard InChI is InChI=1S/C24H28N4O5S/c1-16-12-20(32-3)13-17(2)24(16)34(30,31)15-21-26-22(33-27-21)14-23(29)28-10-6-19(7-11-28)18-4-8-25-9-5-18/h4-5,8-9,12-13,19H,6-7,10-11,14-15H2,1-3H3. The fourth-order valence-electron chi connectivity index (χ4n) is 4.52. The lowest BCUT2D eigenvalue weighted by atomic mass is 9.90. The van der Waals surface area contributed by atoms with Gasteiger partial charge in [0, 0.05) is 25.5 Å². The summed E-state index contributed by atoms with van der Waals surface area (Å²) in [5.74, 6) is 0.656. The second-order valence-electron chi connectivity index (χ2n) is 8.57. The van der Waals surface area contributed by atoms with Gasteiger partial charge in [-0.2, -0.15) is 4.98 Å². The maximum atomic E-state index is 13.0. The van der Waals surface area contributed by atoms with Crippen molar-refractivity contribution in [1.29, 1.82) is 0 Å². The molecule has 0 spiro atoms. The van der Waals surface area contributed by atoms with E-state index in [9.17, 15) is 13.2 Å². The highest BCUT2D eigenvalue weighted by Gasteiger charge is 2.27. The number of likely N-dealkylation sites (tertiary alicyclic amines) is 1. The van der Waals surface area contributed by atoms with Gasteiger partial charge in [-0.3, -0.25) is 9.78 Å². The van der Waals surface area contributed by atoms with E-state index in [2.05, 4.69) is 15.1 Å². The van der Waals surface area contributed by atoms with Gasteiger partial charge in [0.25, 0.3) is 0 Å². The molecule has 0 saturated carbocycles. The molecule has 9 nitrogen and oxygen atoms in total. The van der Waals surface area contributed by atoms with Crippen molar-refractivity contribution in [3.8, 4) is 5.75 Å². The summed E-state index contributed by atoms with van der Waals surface area (Å²) >= 11 is 0. The molecular weight excluding hydrogens is 456 g/mol. The van der Waals surface area contributed by atoms with Gasteiger partial charge in [0.2, 0.25) is 11.8 Å². The van der Waals surface area contributed by atoms with E-state index in [4.69, 9.17) is 9.26 Å². The summed E-state index contributed by atoms with van der Waals surface area (Å²) in [5, 5.41) is 3.80. The second-order valence-corrected chi connectivity index (χ2v) is 10.5. The third-order valence-electron chi connectivity index (χ3n) is 6.14. The third-order valence-corrected chi connectivity index (χ3v) is 8.04. The number of aryl methyl sites for hydroxylation is 2. The van der Waals surface area contributed by atoms with Crippen LogP contribution in [0.5, 0.6) is 5.75 Å². The predicted molar refractivity (Wildman–Crippen MR) is 124 cm³/mol. The molecule has 34 heavy (non-hydrogen) atoms. The molecule has 1 aliphatic rings. The van der Waals surface area contributed by atoms with E-state index in [1.54, 1.807) is 43.3 Å². The Morgan fingerprint density at radius 1 is 1.15 bits per heavy atom. The van der Waals surface area contributed by atoms with E-state index >= 15 is 0 Å². The highest BCUT2D eigenvalue weighted by atomic mass is 32.2. The largest absolute Gasteiger partial charge is 0.497 e. The number of rotatable bonds is 7. The summed E-state index contributed by atoms with van der Waals surface area (Å²) in [5.41, 5.74) is 2.42. The molecule has 3 heterocycles. The average molecular weight is 485 g/mol. The van der Waals surface area contributed by atoms with Crippen LogP contribution in [0.25, 0.3) is 0 Å². The quantitative estimate of drug-likeness (QED) is 0.503. The average Bonchev–Trinajstić information content (AvgIpc) is 3.24. The summed E-state index contributed by atoms with van der Waals surface area (Å²) in [6, 6.07) is 7.40. The van der Waals surface area contributed by atoms with E-state index in [0.717, 1.165) is 12.8 Å². The number of aromatic nitrogens is 3. The molecule has 1 amide bonds. The number of sulfone groups is 1. The van der Waals surface area contributed by atoms with Gasteiger partial charge in [-0.15, -0.1) is 0 Å². The van der Waals surface area contributed by atoms with Gasteiger partial charge >= 0.3 is 0 Å². The van der Waals surface area contributed by atoms with Gasteiger partial charge in [0.05, 0.1) is 12.0 Å². The van der Waals surface area contributed by atoms with Crippen LogP contribution >= 0.6 is 0 Å². The number of carbonyl (C=O) groups excluding carboxylic acids is 1. The zero-order chi connectivity index (χ0) is 24.3. The number of amides is 1. The Kier molecular flexibility index (Phi) is 6.97. The maximum Gasteiger partial charge on any atom is 0.236 e. The van der Waals surface area contributed by atoms with Crippen molar-refractivity contribution in [3.63, 3.8) is 0 Å². The summed E-state index contributed by atoms with van der Waals surface area (Å²) in [6.45, 7) is 4.75. The molecule has 0 N–H and O–H groups in total. The van der Waals surface area contributed by atoms with Crippen molar-refractivity contribution in [2.75, 3.05) is 20.2 Å². The van der Waals surface area contributed by atoms with Gasteiger partial charge < -0.3 is 14.2 Å². The minimum Gasteiger partial charge on any atom is -0.497 e. The van der Waals surface area contributed by atoms with Crippen LogP contribution in [0.15, 0.2) is 46.1 Å². The predicted octanol–water partition coefficient (Wildman–Crippen LogP) is 3.01. The number of hydrogen-bond donors (Lipinski definition) is 0. The van der Waals surface area contributed by atoms with Crippen molar-refractivity contribution >= 4 is 15.7 Å². The topological polar surface area (TPSA) is 115 Å². The normalized spacial score (nSPS) is 14.9. The van der Waals surface area contributed by atoms with Crippen molar-refractivity contribution in [3.05, 3.63) is 65.1 Å². The summed E-state index contributed by atoms with van der Waals surface area (Å²) in [4.78, 5) is 23.0. The van der Waals surface area contributed by atoms with Crippen LogP contribution in [0.2, 0.25) is 0 Å². The highest BCUT2D eigenvalue weighted by molar-refractivity contribution is 7.90. The van der Waals surface area contributed by atoms with E-state index in [0.29, 0.717) is 35.9 Å². The van der Waals surface area contributed by atoms with Crippen LogP contribution in [0.4, 0.5) is 0 Å². The molecule has 1 aliphatic heterocycles. The Hall–Kier alpha value is -3.27. The Balaban J connectivity index is 1.37. The summed E-state index contributed by atoms with van der Waals surface area (Å²) in [6.07, 6.45) is 5.29. The van der Waals surface area contributed by atoms with Gasteiger partial charge in [0.1, 0.15) is 17.9 Å². The number of nitrogens with zero attached hydrogens (tertiary/aromatic N) is 4. The Labute approximate surface area is 199 Å². The Morgan fingerprint density at radius 3 is 2.41 bits per heavy atom. The molecule has 0 radical (unpaired) electrons. The molecule has 0 bridgehead atoms. The molecule has 10 heteroatoms. The molecule has 180 valence electrons. The molecule has 2 aromatic heterocycles. The third kappa shape index (κ3) is 5.27. The molecule has 4 rings (SSSR count). The SMILES string of the molecule is COc1cc(C)c(S(=O)(=O)Cc2noc(CC(=O)N3CCC(c4ccncc4)CC3)n2)c(C)c1. The first kappa shape index (κ1) is 23.9. The monoisotopic (exact) mass is 484 g/mol. The van der Waals surface area contributed by atoms with Crippen LogP contribution in [0.1, 0.15) is 47.2 Å². The van der Waals surface area contributed by atoms with Crippen LogP contribution in [0, 0.1) is 13.8 Å². The molecule has 0 unspecified atom stereocenters. The fraction of sp³-hybridized carbons (Fsp3) is 0.417. The van der Waals surface area contributed by atoms with E-state index in [1.807, 2.05) is 12.1 Å². The van der Waals surface area contributed by atoms with Crippen molar-refractivity contribution < 1.29 is 22.5 Å². The molecule has 0 aliphatic carbocycles. The lowest BCUT2D eigenvalue weighted by Gasteiger charge is -2.32. The summed E-state index contributed by atoms with van der Waals surface area (Å²) in [7, 11) is -2.17. The van der Waals surface area contributed by atoms with Gasteiger partial charge in [-0.25, -0.2) is 8.42 Å². The number of ether oxygens (including phenoxy) is 1. The number of methoxy groups -OCH3 is 1. The van der Waals surface area contributed by atoms with Crippen molar-refractivity contribution in [2.24, 2.45) is 0 Å². The highest BCUT2D eigenvalue weighted by Crippen LogP contribution is 2.29. The molecular formula is C24H28N4O5S. The molecule has 0 atom stereocenters. The first-order valence-electron chi connectivity index (χ1n) is 11.1. The van der Waals surface area contributed by atoms with E-state index in [-0.39, 0.29) is 28.9 Å². The lowest BCUT2D eigenvalue weighted by Crippen LogP contribution is -2.38. The Bertz CT molecular complexity index is 1240. The number of hydrogen-bond acceptors (Lipinski definition) is 8. The molecule has 1 aromatic carbocycles. The summed E-state index contributed by atoms with van der Waals surface area (Å²) < 4.78 is 36.5. The smallest absolute Gasteiger partial charge is 0.236 e. The van der Waals surface area contributed by atoms with Gasteiger partial charge in [-0.1, -0.05) is 5.16 Å². The number of benzene rings is 1. The van der Waals surface area contributed by atoms with E-state index in [1.165, 1.54) is 12.7 Å². The maximum absolute atomic E-state index is 13.0. The Morgan fingerprint density at radius 2 is 1.79 bits per heavy atom. The first-order chi connectivity index (χ1) is 16.3. The van der Waals surface area contributed by atoms with Crippen molar-refractivity contribution in [1.82, 2.24) is 20.0 Å². The number of pyridine rings is 1. The lowest BCUT2D eigenvalue weighted by molar-refractivity contribution is -0.131. The second kappa shape index (κ2) is 9.92. The van der Waals surface area contributed by atoms with E-state index < -0.39 is 15.6 Å². The minimum atomic E-state index is -3.71. The van der Waals surface area contributed by atoms with Crippen molar-refractivity contribution in [2.45, 2.75) is 49.7 Å². The molecule has 1 saturated heterocycles.